The first-order valence-corrected chi connectivity index (χ1v) is 8.55. The highest BCUT2D eigenvalue weighted by atomic mass is 16.5. The molecule has 2 aromatic rings. The molecule has 0 spiro atoms. The number of aromatic nitrogens is 1. The van der Waals surface area contributed by atoms with Crippen LogP contribution in [0.1, 0.15) is 30.0 Å². The molecule has 0 saturated carbocycles. The monoisotopic (exact) mass is 339 g/mol. The lowest BCUT2D eigenvalue weighted by atomic mass is 9.97. The third kappa shape index (κ3) is 3.60. The molecule has 1 aliphatic rings. The molecule has 1 fully saturated rings. The van der Waals surface area contributed by atoms with Gasteiger partial charge < -0.3 is 14.5 Å². The van der Waals surface area contributed by atoms with Crippen LogP contribution in [-0.2, 0) is 0 Å². The number of rotatable bonds is 3. The maximum Gasteiger partial charge on any atom is 0.272 e. The quantitative estimate of drug-likeness (QED) is 0.862. The molecule has 0 aliphatic carbocycles. The fraction of sp³-hybridized carbons (Fsp3) is 0.400. The Morgan fingerprint density at radius 3 is 2.44 bits per heavy atom. The van der Waals surface area contributed by atoms with Crippen molar-refractivity contribution in [2.24, 2.45) is 0 Å². The van der Waals surface area contributed by atoms with E-state index in [1.165, 1.54) is 0 Å². The number of carbonyl (C=O) groups is 1. The molecule has 5 nitrogen and oxygen atoms in total. The third-order valence-corrected chi connectivity index (χ3v) is 4.68. The van der Waals surface area contributed by atoms with Crippen molar-refractivity contribution in [3.05, 3.63) is 53.9 Å². The first-order valence-electron chi connectivity index (χ1n) is 8.55. The zero-order chi connectivity index (χ0) is 18.0. The Kier molecular flexibility index (Phi) is 4.66. The highest BCUT2D eigenvalue weighted by Gasteiger charge is 2.36. The van der Waals surface area contributed by atoms with Crippen molar-refractivity contribution in [2.45, 2.75) is 26.3 Å². The summed E-state index contributed by atoms with van der Waals surface area (Å²) in [6.07, 6.45) is 0. The van der Waals surface area contributed by atoms with E-state index >= 15 is 0 Å². The van der Waals surface area contributed by atoms with E-state index < -0.39 is 0 Å². The van der Waals surface area contributed by atoms with Crippen molar-refractivity contribution < 1.29 is 9.53 Å². The van der Waals surface area contributed by atoms with E-state index in [1.54, 1.807) is 13.2 Å². The maximum atomic E-state index is 12.8. The normalized spacial score (nSPS) is 16.6. The predicted octanol–water partition coefficient (Wildman–Crippen LogP) is 3.14. The van der Waals surface area contributed by atoms with Gasteiger partial charge in [-0.2, -0.15) is 0 Å². The molecule has 1 saturated heterocycles. The Bertz CT molecular complexity index is 756. The number of carbonyl (C=O) groups excluding carboxylic acids is 1. The molecule has 132 valence electrons. The van der Waals surface area contributed by atoms with E-state index in [9.17, 15) is 4.79 Å². The van der Waals surface area contributed by atoms with Gasteiger partial charge in [-0.25, -0.2) is 4.98 Å². The zero-order valence-electron chi connectivity index (χ0n) is 15.3. The molecule has 1 aromatic carbocycles. The highest BCUT2D eigenvalue weighted by Crippen LogP contribution is 2.29. The van der Waals surface area contributed by atoms with Gasteiger partial charge in [0.1, 0.15) is 11.4 Å². The Morgan fingerprint density at radius 2 is 1.84 bits per heavy atom. The Balaban J connectivity index is 1.76. The molecule has 0 N–H and O–H groups in total. The van der Waals surface area contributed by atoms with E-state index in [0.717, 1.165) is 23.7 Å². The lowest BCUT2D eigenvalue weighted by Crippen LogP contribution is -2.60. The molecule has 5 heteroatoms. The fourth-order valence-corrected chi connectivity index (χ4v) is 3.39. The van der Waals surface area contributed by atoms with Crippen LogP contribution < -0.4 is 9.64 Å². The number of pyridine rings is 1. The summed E-state index contributed by atoms with van der Waals surface area (Å²) in [5, 5.41) is 0. The molecule has 3 rings (SSSR count). The summed E-state index contributed by atoms with van der Waals surface area (Å²) in [6, 6.07) is 13.7. The minimum Gasteiger partial charge on any atom is -0.497 e. The largest absolute Gasteiger partial charge is 0.497 e. The second-order valence-corrected chi connectivity index (χ2v) is 7.05. The van der Waals surface area contributed by atoms with E-state index in [2.05, 4.69) is 35.9 Å². The van der Waals surface area contributed by atoms with Crippen molar-refractivity contribution >= 4 is 11.6 Å². The van der Waals surface area contributed by atoms with Crippen LogP contribution in [0.25, 0.3) is 0 Å². The summed E-state index contributed by atoms with van der Waals surface area (Å²) >= 11 is 0. The van der Waals surface area contributed by atoms with Crippen molar-refractivity contribution in [2.75, 3.05) is 31.6 Å². The van der Waals surface area contributed by atoms with Gasteiger partial charge in [-0.1, -0.05) is 6.07 Å². The minimum absolute atomic E-state index is 0.00570. The van der Waals surface area contributed by atoms with Gasteiger partial charge in [-0.05, 0) is 57.2 Å². The van der Waals surface area contributed by atoms with Gasteiger partial charge in [0.05, 0.1) is 12.6 Å². The smallest absolute Gasteiger partial charge is 0.272 e. The average Bonchev–Trinajstić information content (AvgIpc) is 2.60. The van der Waals surface area contributed by atoms with Gasteiger partial charge in [-0.15, -0.1) is 0 Å². The number of amides is 1. The SMILES string of the molecule is COc1ccc(N2CCN(C(=O)c3cccc(C)n3)CC2(C)C)cc1. The number of hydrogen-bond donors (Lipinski definition) is 0. The third-order valence-electron chi connectivity index (χ3n) is 4.68. The van der Waals surface area contributed by atoms with Gasteiger partial charge in [0.15, 0.2) is 0 Å². The Labute approximate surface area is 149 Å². The summed E-state index contributed by atoms with van der Waals surface area (Å²) < 4.78 is 5.24. The number of nitrogens with zero attached hydrogens (tertiary/aromatic N) is 3. The first kappa shape index (κ1) is 17.3. The molecule has 0 radical (unpaired) electrons. The van der Waals surface area contributed by atoms with Crippen molar-refractivity contribution in [3.63, 3.8) is 0 Å². The van der Waals surface area contributed by atoms with Gasteiger partial charge >= 0.3 is 0 Å². The van der Waals surface area contributed by atoms with Crippen LogP contribution in [-0.4, -0.2) is 48.1 Å². The van der Waals surface area contributed by atoms with Gasteiger partial charge in [0.25, 0.3) is 5.91 Å². The zero-order valence-corrected chi connectivity index (χ0v) is 15.3. The van der Waals surface area contributed by atoms with Crippen LogP contribution >= 0.6 is 0 Å². The number of benzene rings is 1. The number of hydrogen-bond acceptors (Lipinski definition) is 4. The molecule has 0 bridgehead atoms. The highest BCUT2D eigenvalue weighted by molar-refractivity contribution is 5.92. The Hall–Kier alpha value is -2.56. The summed E-state index contributed by atoms with van der Waals surface area (Å²) in [7, 11) is 1.67. The van der Waals surface area contributed by atoms with Crippen molar-refractivity contribution in [1.29, 1.82) is 0 Å². The van der Waals surface area contributed by atoms with E-state index in [4.69, 9.17) is 4.74 Å². The molecular formula is C20H25N3O2. The number of anilines is 1. The summed E-state index contributed by atoms with van der Waals surface area (Å²) in [5.74, 6) is 0.854. The summed E-state index contributed by atoms with van der Waals surface area (Å²) in [4.78, 5) is 21.4. The first-order chi connectivity index (χ1) is 11.9. The van der Waals surface area contributed by atoms with Gasteiger partial charge in [-0.3, -0.25) is 4.79 Å². The number of aryl methyl sites for hydroxylation is 1. The molecule has 0 atom stereocenters. The summed E-state index contributed by atoms with van der Waals surface area (Å²) in [6.45, 7) is 8.37. The maximum absolute atomic E-state index is 12.8. The average molecular weight is 339 g/mol. The van der Waals surface area contributed by atoms with Crippen molar-refractivity contribution in [1.82, 2.24) is 9.88 Å². The van der Waals surface area contributed by atoms with Gasteiger partial charge in [0.2, 0.25) is 0 Å². The Morgan fingerprint density at radius 1 is 1.12 bits per heavy atom. The lowest BCUT2D eigenvalue weighted by molar-refractivity contribution is 0.0680. The molecular weight excluding hydrogens is 314 g/mol. The predicted molar refractivity (Wildman–Crippen MR) is 99.3 cm³/mol. The van der Waals surface area contributed by atoms with E-state index in [1.807, 2.05) is 36.1 Å². The van der Waals surface area contributed by atoms with Crippen LogP contribution in [0.3, 0.4) is 0 Å². The van der Waals surface area contributed by atoms with Gasteiger partial charge in [0, 0.05) is 31.0 Å². The minimum atomic E-state index is -0.160. The topological polar surface area (TPSA) is 45.7 Å². The molecule has 25 heavy (non-hydrogen) atoms. The molecule has 1 aliphatic heterocycles. The summed E-state index contributed by atoms with van der Waals surface area (Å²) in [5.41, 5.74) is 2.37. The molecule has 2 heterocycles. The van der Waals surface area contributed by atoms with Crippen LogP contribution in [0.2, 0.25) is 0 Å². The van der Waals surface area contributed by atoms with Crippen LogP contribution in [0.4, 0.5) is 5.69 Å². The van der Waals surface area contributed by atoms with Crippen LogP contribution in [0, 0.1) is 6.92 Å². The lowest BCUT2D eigenvalue weighted by Gasteiger charge is -2.48. The molecule has 0 unspecified atom stereocenters. The van der Waals surface area contributed by atoms with Crippen LogP contribution in [0.15, 0.2) is 42.5 Å². The number of ether oxygens (including phenoxy) is 1. The molecule has 1 aromatic heterocycles. The number of methoxy groups -OCH3 is 1. The second-order valence-electron chi connectivity index (χ2n) is 7.05. The van der Waals surface area contributed by atoms with E-state index in [0.29, 0.717) is 18.8 Å². The van der Waals surface area contributed by atoms with Crippen LogP contribution in [0.5, 0.6) is 5.75 Å². The standard InChI is InChI=1S/C20H25N3O2/c1-15-6-5-7-18(21-15)19(24)22-12-13-23(20(2,3)14-22)16-8-10-17(25-4)11-9-16/h5-11H,12-14H2,1-4H3. The van der Waals surface area contributed by atoms with E-state index in [-0.39, 0.29) is 11.4 Å². The fourth-order valence-electron chi connectivity index (χ4n) is 3.39. The second kappa shape index (κ2) is 6.75. The molecule has 1 amide bonds. The number of piperazine rings is 1. The van der Waals surface area contributed by atoms with Crippen molar-refractivity contribution in [3.8, 4) is 5.75 Å².